The second kappa shape index (κ2) is 7.07. The van der Waals surface area contributed by atoms with Gasteiger partial charge in [-0.05, 0) is 13.0 Å². The molecule has 0 saturated carbocycles. The molecular weight excluding hydrogens is 232 g/mol. The Kier molecular flexibility index (Phi) is 5.73. The van der Waals surface area contributed by atoms with Crippen LogP contribution in [0.25, 0.3) is 0 Å². The van der Waals surface area contributed by atoms with Crippen molar-refractivity contribution in [1.29, 1.82) is 0 Å². The molecule has 7 nitrogen and oxygen atoms in total. The predicted molar refractivity (Wildman–Crippen MR) is 71.2 cm³/mol. The number of anilines is 2. The number of aromatic nitrogens is 3. The van der Waals surface area contributed by atoms with E-state index in [0.29, 0.717) is 18.3 Å². The van der Waals surface area contributed by atoms with Crippen LogP contribution >= 0.6 is 0 Å². The zero-order chi connectivity index (χ0) is 13.5. The van der Waals surface area contributed by atoms with Gasteiger partial charge in [0.2, 0.25) is 11.9 Å². The van der Waals surface area contributed by atoms with Gasteiger partial charge in [-0.15, -0.1) is 0 Å². The third-order valence-electron chi connectivity index (χ3n) is 2.53. The van der Waals surface area contributed by atoms with Gasteiger partial charge in [0.1, 0.15) is 5.82 Å². The maximum Gasteiger partial charge on any atom is 0.229 e. The quantitative estimate of drug-likeness (QED) is 0.691. The summed E-state index contributed by atoms with van der Waals surface area (Å²) in [6, 6.07) is 0. The second-order valence-corrected chi connectivity index (χ2v) is 4.25. The molecule has 0 atom stereocenters. The van der Waals surface area contributed by atoms with E-state index in [1.54, 1.807) is 4.90 Å². The van der Waals surface area contributed by atoms with Gasteiger partial charge >= 0.3 is 0 Å². The molecule has 0 aliphatic rings. The van der Waals surface area contributed by atoms with E-state index >= 15 is 0 Å². The van der Waals surface area contributed by atoms with Crippen molar-refractivity contribution in [2.24, 2.45) is 0 Å². The molecule has 0 fully saturated rings. The highest BCUT2D eigenvalue weighted by molar-refractivity contribution is 5.32. The first-order valence-electron chi connectivity index (χ1n) is 6.07. The average molecular weight is 254 g/mol. The number of nitrogens with two attached hydrogens (primary N) is 1. The van der Waals surface area contributed by atoms with Crippen LogP contribution in [0, 0.1) is 0 Å². The lowest BCUT2D eigenvalue weighted by atomic mass is 10.3. The largest absolute Gasteiger partial charge is 0.396 e. The van der Waals surface area contributed by atoms with Crippen LogP contribution in [0.1, 0.15) is 19.2 Å². The zero-order valence-electron chi connectivity index (χ0n) is 11.3. The van der Waals surface area contributed by atoms with E-state index in [2.05, 4.69) is 26.8 Å². The maximum atomic E-state index is 8.84. The summed E-state index contributed by atoms with van der Waals surface area (Å²) in [4.78, 5) is 16.5. The fourth-order valence-electron chi connectivity index (χ4n) is 1.54. The lowest BCUT2D eigenvalue weighted by Gasteiger charge is -2.19. The molecule has 1 heterocycles. The van der Waals surface area contributed by atoms with E-state index in [4.69, 9.17) is 10.8 Å². The van der Waals surface area contributed by atoms with Gasteiger partial charge in [-0.2, -0.15) is 15.0 Å². The highest BCUT2D eigenvalue weighted by Gasteiger charge is 2.09. The van der Waals surface area contributed by atoms with Crippen LogP contribution in [0.3, 0.4) is 0 Å². The van der Waals surface area contributed by atoms with Crippen LogP contribution in [-0.2, 0) is 6.54 Å². The number of aliphatic hydroxyl groups excluding tert-OH is 1. The van der Waals surface area contributed by atoms with Crippen LogP contribution in [0.2, 0.25) is 0 Å². The summed E-state index contributed by atoms with van der Waals surface area (Å²) < 4.78 is 0. The first-order chi connectivity index (χ1) is 8.56. The molecule has 102 valence electrons. The van der Waals surface area contributed by atoms with Crippen molar-refractivity contribution in [1.82, 2.24) is 19.9 Å². The first kappa shape index (κ1) is 14.6. The Morgan fingerprint density at radius 3 is 2.50 bits per heavy atom. The van der Waals surface area contributed by atoms with Crippen LogP contribution in [-0.4, -0.2) is 58.8 Å². The van der Waals surface area contributed by atoms with Crippen molar-refractivity contribution in [3.05, 3.63) is 5.82 Å². The van der Waals surface area contributed by atoms with Crippen molar-refractivity contribution < 1.29 is 5.11 Å². The Bertz CT molecular complexity index is 371. The molecule has 7 heteroatoms. The van der Waals surface area contributed by atoms with E-state index in [1.165, 1.54) is 0 Å². The van der Waals surface area contributed by atoms with Crippen molar-refractivity contribution in [3.8, 4) is 0 Å². The molecule has 0 spiro atoms. The maximum absolute atomic E-state index is 8.84. The summed E-state index contributed by atoms with van der Waals surface area (Å²) in [5.74, 6) is 1.46. The van der Waals surface area contributed by atoms with Gasteiger partial charge in [-0.3, -0.25) is 4.90 Å². The molecular formula is C11H22N6O. The minimum atomic E-state index is 0.193. The van der Waals surface area contributed by atoms with E-state index < -0.39 is 0 Å². The SMILES string of the molecule is CCN(CCCO)Cc1nc(N)nc(N(C)C)n1. The first-order valence-corrected chi connectivity index (χ1v) is 6.07. The molecule has 3 N–H and O–H groups in total. The monoisotopic (exact) mass is 254 g/mol. The minimum absolute atomic E-state index is 0.193. The lowest BCUT2D eigenvalue weighted by Crippen LogP contribution is -2.27. The molecule has 18 heavy (non-hydrogen) atoms. The highest BCUT2D eigenvalue weighted by Crippen LogP contribution is 2.08. The zero-order valence-corrected chi connectivity index (χ0v) is 11.3. The number of hydrogen-bond donors (Lipinski definition) is 2. The van der Waals surface area contributed by atoms with E-state index in [9.17, 15) is 0 Å². The number of rotatable bonds is 7. The van der Waals surface area contributed by atoms with E-state index in [-0.39, 0.29) is 12.6 Å². The third-order valence-corrected chi connectivity index (χ3v) is 2.53. The Labute approximate surface area is 108 Å². The van der Waals surface area contributed by atoms with Gasteiger partial charge in [0, 0.05) is 27.2 Å². The molecule has 0 aliphatic heterocycles. The van der Waals surface area contributed by atoms with Gasteiger partial charge in [-0.1, -0.05) is 6.92 Å². The Hall–Kier alpha value is -1.47. The topological polar surface area (TPSA) is 91.4 Å². The van der Waals surface area contributed by atoms with Crippen LogP contribution in [0.4, 0.5) is 11.9 Å². The van der Waals surface area contributed by atoms with E-state index in [0.717, 1.165) is 19.5 Å². The van der Waals surface area contributed by atoms with Crippen molar-refractivity contribution in [2.45, 2.75) is 19.9 Å². The molecule has 0 aromatic carbocycles. The van der Waals surface area contributed by atoms with Crippen LogP contribution in [0.5, 0.6) is 0 Å². The third kappa shape index (κ3) is 4.42. The smallest absolute Gasteiger partial charge is 0.229 e. The summed E-state index contributed by atoms with van der Waals surface area (Å²) in [5.41, 5.74) is 5.67. The summed E-state index contributed by atoms with van der Waals surface area (Å²) >= 11 is 0. The number of aliphatic hydroxyl groups is 1. The normalized spacial score (nSPS) is 10.9. The van der Waals surface area contributed by atoms with Gasteiger partial charge in [0.15, 0.2) is 0 Å². The molecule has 1 aromatic rings. The Balaban J connectivity index is 2.75. The van der Waals surface area contributed by atoms with Gasteiger partial charge in [0.05, 0.1) is 6.54 Å². The van der Waals surface area contributed by atoms with Crippen molar-refractivity contribution >= 4 is 11.9 Å². The van der Waals surface area contributed by atoms with E-state index in [1.807, 2.05) is 14.1 Å². The van der Waals surface area contributed by atoms with Gasteiger partial charge in [0.25, 0.3) is 0 Å². The standard InChI is InChI=1S/C11H22N6O/c1-4-17(6-5-7-18)8-9-13-10(12)15-11(14-9)16(2)3/h18H,4-8H2,1-3H3,(H2,12,13,14,15). The predicted octanol–water partition coefficient (Wildman–Crippen LogP) is -0.276. The summed E-state index contributed by atoms with van der Waals surface area (Å²) in [7, 11) is 3.73. The lowest BCUT2D eigenvalue weighted by molar-refractivity contribution is 0.222. The van der Waals surface area contributed by atoms with Crippen molar-refractivity contribution in [3.63, 3.8) is 0 Å². The average Bonchev–Trinajstić information content (AvgIpc) is 2.33. The Morgan fingerprint density at radius 2 is 1.94 bits per heavy atom. The van der Waals surface area contributed by atoms with Gasteiger partial charge < -0.3 is 15.7 Å². The summed E-state index contributed by atoms with van der Waals surface area (Å²) in [5, 5.41) is 8.84. The summed E-state index contributed by atoms with van der Waals surface area (Å²) in [6.45, 7) is 4.57. The second-order valence-electron chi connectivity index (χ2n) is 4.25. The van der Waals surface area contributed by atoms with Crippen molar-refractivity contribution in [2.75, 3.05) is 44.4 Å². The van der Waals surface area contributed by atoms with Gasteiger partial charge in [-0.25, -0.2) is 0 Å². The molecule has 1 aromatic heterocycles. The molecule has 0 radical (unpaired) electrons. The van der Waals surface area contributed by atoms with Crippen LogP contribution in [0.15, 0.2) is 0 Å². The minimum Gasteiger partial charge on any atom is -0.396 e. The Morgan fingerprint density at radius 1 is 1.22 bits per heavy atom. The molecule has 0 saturated heterocycles. The summed E-state index contributed by atoms with van der Waals surface area (Å²) in [6.07, 6.45) is 0.745. The highest BCUT2D eigenvalue weighted by atomic mass is 16.3. The molecule has 0 amide bonds. The molecule has 0 unspecified atom stereocenters. The fourth-order valence-corrected chi connectivity index (χ4v) is 1.54. The van der Waals surface area contributed by atoms with Crippen LogP contribution < -0.4 is 10.6 Å². The number of nitrogen functional groups attached to an aromatic ring is 1. The molecule has 0 bridgehead atoms. The molecule has 1 rings (SSSR count). The fraction of sp³-hybridized carbons (Fsp3) is 0.727. The number of nitrogens with zero attached hydrogens (tertiary/aromatic N) is 5. The number of hydrogen-bond acceptors (Lipinski definition) is 7. The molecule has 0 aliphatic carbocycles.